The first kappa shape index (κ1) is 19.3. The lowest BCUT2D eigenvalue weighted by Gasteiger charge is -2.32. The van der Waals surface area contributed by atoms with Crippen molar-refractivity contribution in [2.24, 2.45) is 4.99 Å². The van der Waals surface area contributed by atoms with Gasteiger partial charge in [-0.25, -0.2) is 8.42 Å². The van der Waals surface area contributed by atoms with Crippen LogP contribution in [0.2, 0.25) is 0 Å². The van der Waals surface area contributed by atoms with Crippen LogP contribution in [0, 0.1) is 0 Å². The van der Waals surface area contributed by atoms with Gasteiger partial charge < -0.3 is 15.4 Å². The molecule has 0 aromatic rings. The van der Waals surface area contributed by atoms with E-state index in [1.54, 1.807) is 7.05 Å². The van der Waals surface area contributed by atoms with Gasteiger partial charge in [0.05, 0.1) is 6.10 Å². The Kier molecular flexibility index (Phi) is 6.32. The smallest absolute Gasteiger partial charge is 0.376 e. The molecule has 0 aliphatic carbocycles. The lowest BCUT2D eigenvalue weighted by atomic mass is 10.1. The van der Waals surface area contributed by atoms with Crippen LogP contribution in [0.1, 0.15) is 25.7 Å². The standard InChI is InChI=1S/C13H23F3N4O3S/c1-17-12(18-9-11-3-2-8-23-11)19-10-4-6-20(7-5-10)24(21,22)13(14,15)16/h10-11H,2-9H2,1H3,(H2,17,18,19). The quantitative estimate of drug-likeness (QED) is 0.559. The van der Waals surface area contributed by atoms with Crippen molar-refractivity contribution in [3.8, 4) is 0 Å². The van der Waals surface area contributed by atoms with Gasteiger partial charge in [-0.2, -0.15) is 17.5 Å². The SMILES string of the molecule is CN=C(NCC1CCCO1)NC1CCN(S(=O)(=O)C(F)(F)F)CC1. The van der Waals surface area contributed by atoms with Crippen molar-refractivity contribution in [2.75, 3.05) is 33.3 Å². The lowest BCUT2D eigenvalue weighted by Crippen LogP contribution is -2.52. The molecule has 2 aliphatic rings. The van der Waals surface area contributed by atoms with Gasteiger partial charge in [-0.15, -0.1) is 0 Å². The van der Waals surface area contributed by atoms with E-state index in [0.29, 0.717) is 16.8 Å². The summed E-state index contributed by atoms with van der Waals surface area (Å²) in [6.45, 7) is 1.04. The van der Waals surface area contributed by atoms with Crippen molar-refractivity contribution in [1.82, 2.24) is 14.9 Å². The third-order valence-corrected chi connectivity index (χ3v) is 5.80. The van der Waals surface area contributed by atoms with Crippen LogP contribution in [0.5, 0.6) is 0 Å². The first-order valence-corrected chi connectivity index (χ1v) is 9.33. The molecule has 2 N–H and O–H groups in total. The second kappa shape index (κ2) is 7.87. The van der Waals surface area contributed by atoms with Gasteiger partial charge >= 0.3 is 15.5 Å². The fraction of sp³-hybridized carbons (Fsp3) is 0.923. The molecule has 24 heavy (non-hydrogen) atoms. The summed E-state index contributed by atoms with van der Waals surface area (Å²) in [6.07, 6.45) is 2.73. The zero-order valence-corrected chi connectivity index (χ0v) is 14.3. The molecule has 0 bridgehead atoms. The number of aliphatic imine (C=N–C) groups is 1. The number of halogens is 3. The molecule has 1 unspecified atom stereocenters. The van der Waals surface area contributed by atoms with Crippen molar-refractivity contribution in [3.63, 3.8) is 0 Å². The summed E-state index contributed by atoms with van der Waals surface area (Å²) in [6, 6.07) is -0.125. The Morgan fingerprint density at radius 2 is 1.96 bits per heavy atom. The number of guanidine groups is 1. The zero-order chi connectivity index (χ0) is 17.8. The largest absolute Gasteiger partial charge is 0.511 e. The maximum Gasteiger partial charge on any atom is 0.511 e. The van der Waals surface area contributed by atoms with Crippen molar-refractivity contribution in [2.45, 2.75) is 43.3 Å². The van der Waals surface area contributed by atoms with Crippen molar-refractivity contribution in [3.05, 3.63) is 0 Å². The number of nitrogens with zero attached hydrogens (tertiary/aromatic N) is 2. The third-order valence-electron chi connectivity index (χ3n) is 4.17. The minimum Gasteiger partial charge on any atom is -0.376 e. The van der Waals surface area contributed by atoms with E-state index in [0.717, 1.165) is 19.4 Å². The Balaban J connectivity index is 1.79. The average Bonchev–Trinajstić information content (AvgIpc) is 3.04. The van der Waals surface area contributed by atoms with Crippen LogP contribution < -0.4 is 10.6 Å². The Bertz CT molecular complexity index is 539. The van der Waals surface area contributed by atoms with Gasteiger partial charge in [-0.1, -0.05) is 0 Å². The summed E-state index contributed by atoms with van der Waals surface area (Å²) in [4.78, 5) is 4.08. The van der Waals surface area contributed by atoms with Crippen molar-refractivity contribution >= 4 is 16.0 Å². The number of rotatable bonds is 4. The number of hydrogen-bond donors (Lipinski definition) is 2. The molecule has 2 saturated heterocycles. The highest BCUT2D eigenvalue weighted by molar-refractivity contribution is 7.90. The molecule has 1 atom stereocenters. The first-order chi connectivity index (χ1) is 11.2. The van der Waals surface area contributed by atoms with Crippen LogP contribution in [-0.2, 0) is 14.8 Å². The summed E-state index contributed by atoms with van der Waals surface area (Å²) in [5.41, 5.74) is -5.24. The summed E-state index contributed by atoms with van der Waals surface area (Å²) in [5.74, 6) is 0.544. The molecule has 2 aliphatic heterocycles. The second-order valence-corrected chi connectivity index (χ2v) is 7.79. The predicted molar refractivity (Wildman–Crippen MR) is 83.0 cm³/mol. The first-order valence-electron chi connectivity index (χ1n) is 7.89. The van der Waals surface area contributed by atoms with Crippen LogP contribution in [0.25, 0.3) is 0 Å². The van der Waals surface area contributed by atoms with E-state index >= 15 is 0 Å². The number of nitrogens with one attached hydrogen (secondary N) is 2. The Labute approximate surface area is 139 Å². The lowest BCUT2D eigenvalue weighted by molar-refractivity contribution is -0.0494. The maximum atomic E-state index is 12.5. The van der Waals surface area contributed by atoms with Gasteiger partial charge in [-0.3, -0.25) is 4.99 Å². The number of piperidine rings is 1. The Morgan fingerprint density at radius 3 is 2.46 bits per heavy atom. The van der Waals surface area contributed by atoms with Crippen molar-refractivity contribution < 1.29 is 26.3 Å². The van der Waals surface area contributed by atoms with Crippen LogP contribution in [0.4, 0.5) is 13.2 Å². The van der Waals surface area contributed by atoms with E-state index in [1.165, 1.54) is 0 Å². The molecule has 2 heterocycles. The van der Waals surface area contributed by atoms with E-state index < -0.39 is 15.5 Å². The summed E-state index contributed by atoms with van der Waals surface area (Å²) < 4.78 is 66.4. The monoisotopic (exact) mass is 372 g/mol. The summed E-state index contributed by atoms with van der Waals surface area (Å²) in [5, 5.41) is 6.25. The van der Waals surface area contributed by atoms with Crippen molar-refractivity contribution in [1.29, 1.82) is 0 Å². The second-order valence-electron chi connectivity index (χ2n) is 5.86. The van der Waals surface area contributed by atoms with Crippen LogP contribution >= 0.6 is 0 Å². The fourth-order valence-corrected chi connectivity index (χ4v) is 3.78. The Morgan fingerprint density at radius 1 is 1.29 bits per heavy atom. The number of alkyl halides is 3. The highest BCUT2D eigenvalue weighted by atomic mass is 32.2. The van der Waals surface area contributed by atoms with Gasteiger partial charge in [0.25, 0.3) is 0 Å². The number of hydrogen-bond acceptors (Lipinski definition) is 4. The zero-order valence-electron chi connectivity index (χ0n) is 13.5. The molecule has 2 fully saturated rings. The molecule has 0 radical (unpaired) electrons. The van der Waals surface area contributed by atoms with Gasteiger partial charge in [0.1, 0.15) is 0 Å². The molecule has 140 valence electrons. The normalized spacial score (nSPS) is 25.0. The van der Waals surface area contributed by atoms with E-state index in [9.17, 15) is 21.6 Å². The van der Waals surface area contributed by atoms with E-state index in [1.807, 2.05) is 0 Å². The Hall–Kier alpha value is -1.07. The molecule has 2 rings (SSSR count). The topological polar surface area (TPSA) is 83.0 Å². The van der Waals surface area contributed by atoms with Crippen LogP contribution in [0.15, 0.2) is 4.99 Å². The summed E-state index contributed by atoms with van der Waals surface area (Å²) >= 11 is 0. The molecule has 0 spiro atoms. The van der Waals surface area contributed by atoms with Gasteiger partial charge in [-0.05, 0) is 25.7 Å². The molecule has 0 saturated carbocycles. The van der Waals surface area contributed by atoms with E-state index in [2.05, 4.69) is 15.6 Å². The molecule has 0 aromatic heterocycles. The van der Waals surface area contributed by atoms with Crippen LogP contribution in [0.3, 0.4) is 0 Å². The van der Waals surface area contributed by atoms with Crippen LogP contribution in [-0.4, -0.2) is 69.6 Å². The minimum absolute atomic E-state index is 0.125. The van der Waals surface area contributed by atoms with E-state index in [4.69, 9.17) is 4.74 Å². The maximum absolute atomic E-state index is 12.5. The molecular formula is C13H23F3N4O3S. The van der Waals surface area contributed by atoms with Gasteiger partial charge in [0.2, 0.25) is 0 Å². The average molecular weight is 372 g/mol. The molecular weight excluding hydrogens is 349 g/mol. The molecule has 0 aromatic carbocycles. The minimum atomic E-state index is -5.24. The summed E-state index contributed by atoms with van der Waals surface area (Å²) in [7, 11) is -3.63. The third kappa shape index (κ3) is 4.73. The molecule has 0 amide bonds. The van der Waals surface area contributed by atoms with E-state index in [-0.39, 0.29) is 38.1 Å². The van der Waals surface area contributed by atoms with Gasteiger partial charge in [0, 0.05) is 39.3 Å². The van der Waals surface area contributed by atoms with Gasteiger partial charge in [0.15, 0.2) is 5.96 Å². The number of ether oxygens (including phenoxy) is 1. The molecule has 7 nitrogen and oxygen atoms in total. The predicted octanol–water partition coefficient (Wildman–Crippen LogP) is 0.644. The molecule has 11 heteroatoms. The fourth-order valence-electron chi connectivity index (χ4n) is 2.79. The highest BCUT2D eigenvalue weighted by Crippen LogP contribution is 2.28. The number of sulfonamides is 1. The highest BCUT2D eigenvalue weighted by Gasteiger charge is 2.50.